The minimum absolute atomic E-state index is 0.0112. The van der Waals surface area contributed by atoms with E-state index in [1.54, 1.807) is 12.1 Å². The molecular formula is C17H19N3O4. The minimum Gasteiger partial charge on any atom is -0.395 e. The summed E-state index contributed by atoms with van der Waals surface area (Å²) in [5.74, 6) is -0.885. The standard InChI is InChI=1S/C17H19N3O4/c21-8-7-20-16(23)10-14(17(20)24)18-12-3-1-11(2-4-12)9-15(22)19-13-5-6-13/h1-4,10,13,18,21H,5-9H2,(H,19,22). The van der Waals surface area contributed by atoms with Crippen LogP contribution in [-0.2, 0) is 20.8 Å². The van der Waals surface area contributed by atoms with Crippen molar-refractivity contribution < 1.29 is 19.5 Å². The van der Waals surface area contributed by atoms with E-state index in [1.165, 1.54) is 6.08 Å². The van der Waals surface area contributed by atoms with E-state index in [1.807, 2.05) is 12.1 Å². The molecule has 0 spiro atoms. The van der Waals surface area contributed by atoms with Gasteiger partial charge in [-0.25, -0.2) is 0 Å². The normalized spacial score (nSPS) is 17.0. The van der Waals surface area contributed by atoms with Crippen LogP contribution in [0.1, 0.15) is 18.4 Å². The summed E-state index contributed by atoms with van der Waals surface area (Å²) < 4.78 is 0. The Morgan fingerprint density at radius 3 is 2.54 bits per heavy atom. The molecular weight excluding hydrogens is 310 g/mol. The maximum atomic E-state index is 12.0. The largest absolute Gasteiger partial charge is 0.395 e. The Labute approximate surface area is 139 Å². The third-order valence-corrected chi connectivity index (χ3v) is 3.87. The van der Waals surface area contributed by atoms with Crippen LogP contribution in [0.5, 0.6) is 0 Å². The summed E-state index contributed by atoms with van der Waals surface area (Å²) in [5.41, 5.74) is 1.70. The Hall–Kier alpha value is -2.67. The lowest BCUT2D eigenvalue weighted by Gasteiger charge is -2.13. The highest BCUT2D eigenvalue weighted by Gasteiger charge is 2.30. The number of β-amino-alcohol motifs (C(OH)–C–C–N with tert-alkyl or cyclic N) is 1. The van der Waals surface area contributed by atoms with Gasteiger partial charge in [0.15, 0.2) is 0 Å². The van der Waals surface area contributed by atoms with Crippen LogP contribution < -0.4 is 10.6 Å². The second-order valence-electron chi connectivity index (χ2n) is 5.92. The average molecular weight is 329 g/mol. The maximum Gasteiger partial charge on any atom is 0.277 e. The molecule has 1 heterocycles. The molecule has 24 heavy (non-hydrogen) atoms. The molecule has 1 aromatic rings. The van der Waals surface area contributed by atoms with E-state index in [0.717, 1.165) is 23.3 Å². The van der Waals surface area contributed by atoms with Gasteiger partial charge in [0.1, 0.15) is 5.70 Å². The van der Waals surface area contributed by atoms with Gasteiger partial charge in [0, 0.05) is 17.8 Å². The van der Waals surface area contributed by atoms with E-state index in [0.29, 0.717) is 18.2 Å². The molecule has 0 radical (unpaired) electrons. The predicted molar refractivity (Wildman–Crippen MR) is 86.8 cm³/mol. The number of hydrogen-bond acceptors (Lipinski definition) is 5. The fraction of sp³-hybridized carbons (Fsp3) is 0.353. The van der Waals surface area contributed by atoms with Crippen LogP contribution in [0.15, 0.2) is 36.0 Å². The van der Waals surface area contributed by atoms with Crippen LogP contribution in [0, 0.1) is 0 Å². The van der Waals surface area contributed by atoms with Crippen molar-refractivity contribution >= 4 is 23.4 Å². The van der Waals surface area contributed by atoms with Crippen LogP contribution in [0.3, 0.4) is 0 Å². The topological polar surface area (TPSA) is 98.7 Å². The van der Waals surface area contributed by atoms with E-state index in [-0.39, 0.29) is 24.8 Å². The molecule has 2 aliphatic rings. The van der Waals surface area contributed by atoms with Gasteiger partial charge in [-0.3, -0.25) is 19.3 Å². The Kier molecular flexibility index (Phi) is 4.61. The second kappa shape index (κ2) is 6.84. The molecule has 3 N–H and O–H groups in total. The molecule has 1 aromatic carbocycles. The number of aliphatic hydroxyl groups is 1. The number of hydrogen-bond donors (Lipinski definition) is 3. The summed E-state index contributed by atoms with van der Waals surface area (Å²) in [7, 11) is 0. The van der Waals surface area contributed by atoms with Crippen molar-refractivity contribution in [2.24, 2.45) is 0 Å². The summed E-state index contributed by atoms with van der Waals surface area (Å²) in [6, 6.07) is 7.47. The molecule has 1 saturated carbocycles. The highest BCUT2D eigenvalue weighted by Crippen LogP contribution is 2.20. The number of carbonyl (C=O) groups is 3. The quantitative estimate of drug-likeness (QED) is 0.619. The zero-order chi connectivity index (χ0) is 17.1. The number of imide groups is 1. The van der Waals surface area contributed by atoms with Gasteiger partial charge in [0.25, 0.3) is 11.8 Å². The highest BCUT2D eigenvalue weighted by atomic mass is 16.3. The van der Waals surface area contributed by atoms with Crippen LogP contribution in [0.25, 0.3) is 0 Å². The number of rotatable bonds is 7. The number of anilines is 1. The summed E-state index contributed by atoms with van der Waals surface area (Å²) in [4.78, 5) is 36.5. The smallest absolute Gasteiger partial charge is 0.277 e. The van der Waals surface area contributed by atoms with Gasteiger partial charge in [0.05, 0.1) is 19.6 Å². The molecule has 0 atom stereocenters. The number of benzene rings is 1. The van der Waals surface area contributed by atoms with Gasteiger partial charge in [-0.2, -0.15) is 0 Å². The first kappa shape index (κ1) is 16.2. The van der Waals surface area contributed by atoms with Gasteiger partial charge in [-0.1, -0.05) is 12.1 Å². The Morgan fingerprint density at radius 1 is 1.21 bits per heavy atom. The predicted octanol–water partition coefficient (Wildman–Crippen LogP) is 0.165. The molecule has 0 aromatic heterocycles. The van der Waals surface area contributed by atoms with Gasteiger partial charge in [-0.15, -0.1) is 0 Å². The SMILES string of the molecule is O=C(Cc1ccc(NC2=CC(=O)N(CCO)C2=O)cc1)NC1CC1. The minimum atomic E-state index is -0.457. The third-order valence-electron chi connectivity index (χ3n) is 3.87. The first-order valence-electron chi connectivity index (χ1n) is 7.90. The molecule has 0 bridgehead atoms. The van der Waals surface area contributed by atoms with E-state index in [4.69, 9.17) is 5.11 Å². The summed E-state index contributed by atoms with van der Waals surface area (Å²) >= 11 is 0. The van der Waals surface area contributed by atoms with Gasteiger partial charge in [-0.05, 0) is 30.5 Å². The molecule has 0 unspecified atom stereocenters. The van der Waals surface area contributed by atoms with E-state index in [9.17, 15) is 14.4 Å². The van der Waals surface area contributed by atoms with Gasteiger partial charge >= 0.3 is 0 Å². The van der Waals surface area contributed by atoms with Crippen LogP contribution in [0.4, 0.5) is 5.69 Å². The molecule has 7 heteroatoms. The van der Waals surface area contributed by atoms with Crippen LogP contribution in [-0.4, -0.2) is 46.9 Å². The first-order valence-corrected chi connectivity index (χ1v) is 7.90. The first-order chi connectivity index (χ1) is 11.6. The fourth-order valence-corrected chi connectivity index (χ4v) is 2.46. The van der Waals surface area contributed by atoms with E-state index < -0.39 is 11.8 Å². The number of nitrogens with one attached hydrogen (secondary N) is 2. The third kappa shape index (κ3) is 3.80. The van der Waals surface area contributed by atoms with Gasteiger partial charge in [0.2, 0.25) is 5.91 Å². The van der Waals surface area contributed by atoms with Crippen molar-refractivity contribution in [2.75, 3.05) is 18.5 Å². The molecule has 1 aliphatic heterocycles. The second-order valence-corrected chi connectivity index (χ2v) is 5.92. The Bertz CT molecular complexity index is 692. The van der Waals surface area contributed by atoms with Crippen molar-refractivity contribution in [1.29, 1.82) is 0 Å². The number of amides is 3. The zero-order valence-electron chi connectivity index (χ0n) is 13.1. The lowest BCUT2D eigenvalue weighted by Crippen LogP contribution is -2.34. The van der Waals surface area contributed by atoms with E-state index in [2.05, 4.69) is 10.6 Å². The molecule has 1 aliphatic carbocycles. The van der Waals surface area contributed by atoms with Crippen molar-refractivity contribution in [3.63, 3.8) is 0 Å². The zero-order valence-corrected chi connectivity index (χ0v) is 13.1. The summed E-state index contributed by atoms with van der Waals surface area (Å²) in [6.45, 7) is -0.287. The molecule has 0 saturated heterocycles. The highest BCUT2D eigenvalue weighted by molar-refractivity contribution is 6.17. The van der Waals surface area contributed by atoms with Crippen molar-refractivity contribution in [3.05, 3.63) is 41.6 Å². The van der Waals surface area contributed by atoms with Crippen molar-refractivity contribution in [3.8, 4) is 0 Å². The maximum absolute atomic E-state index is 12.0. The number of aliphatic hydroxyl groups excluding tert-OH is 1. The molecule has 1 fully saturated rings. The summed E-state index contributed by atoms with van der Waals surface area (Å²) in [5, 5.41) is 14.7. The van der Waals surface area contributed by atoms with Crippen molar-refractivity contribution in [1.82, 2.24) is 10.2 Å². The van der Waals surface area contributed by atoms with Gasteiger partial charge < -0.3 is 15.7 Å². The Balaban J connectivity index is 1.58. The van der Waals surface area contributed by atoms with Crippen LogP contribution >= 0.6 is 0 Å². The lowest BCUT2D eigenvalue weighted by molar-refractivity contribution is -0.137. The van der Waals surface area contributed by atoms with E-state index >= 15 is 0 Å². The molecule has 3 amide bonds. The number of carbonyl (C=O) groups excluding carboxylic acids is 3. The monoisotopic (exact) mass is 329 g/mol. The lowest BCUT2D eigenvalue weighted by atomic mass is 10.1. The molecule has 3 rings (SSSR count). The molecule has 126 valence electrons. The van der Waals surface area contributed by atoms with Crippen LogP contribution in [0.2, 0.25) is 0 Å². The number of nitrogens with zero attached hydrogens (tertiary/aromatic N) is 1. The average Bonchev–Trinajstić information content (AvgIpc) is 3.32. The Morgan fingerprint density at radius 2 is 1.92 bits per heavy atom. The van der Waals surface area contributed by atoms with Crippen molar-refractivity contribution in [2.45, 2.75) is 25.3 Å². The summed E-state index contributed by atoms with van der Waals surface area (Å²) in [6.07, 6.45) is 3.66. The fourth-order valence-electron chi connectivity index (χ4n) is 2.46. The molecule has 7 nitrogen and oxygen atoms in total.